The van der Waals surface area contributed by atoms with Gasteiger partial charge in [-0.25, -0.2) is 14.8 Å². The summed E-state index contributed by atoms with van der Waals surface area (Å²) in [4.78, 5) is 44.5. The fourth-order valence-corrected chi connectivity index (χ4v) is 5.53. The molecule has 2 N–H and O–H groups in total. The van der Waals surface area contributed by atoms with Crippen LogP contribution in [0.3, 0.4) is 0 Å². The van der Waals surface area contributed by atoms with Gasteiger partial charge >= 0.3 is 6.09 Å². The molecule has 2 saturated heterocycles. The quantitative estimate of drug-likeness (QED) is 0.530. The zero-order valence-electron chi connectivity index (χ0n) is 22.3. The van der Waals surface area contributed by atoms with Crippen molar-refractivity contribution in [2.45, 2.75) is 57.1 Å². The van der Waals surface area contributed by atoms with E-state index in [1.165, 1.54) is 0 Å². The number of hydrogen-bond acceptors (Lipinski definition) is 9. The Balaban J connectivity index is 1.33. The molecule has 1 aliphatic carbocycles. The van der Waals surface area contributed by atoms with Crippen molar-refractivity contribution in [3.8, 4) is 0 Å². The Hall–Kier alpha value is -3.73. The first kappa shape index (κ1) is 25.9. The largest absolute Gasteiger partial charge is 0.439 e. The van der Waals surface area contributed by atoms with Gasteiger partial charge in [0.15, 0.2) is 0 Å². The van der Waals surface area contributed by atoms with Crippen molar-refractivity contribution >= 4 is 35.3 Å². The van der Waals surface area contributed by atoms with Crippen molar-refractivity contribution in [3.63, 3.8) is 0 Å². The van der Waals surface area contributed by atoms with Crippen molar-refractivity contribution in [3.05, 3.63) is 42.4 Å². The zero-order valence-corrected chi connectivity index (χ0v) is 22.3. The molecule has 5 rings (SSSR count). The summed E-state index contributed by atoms with van der Waals surface area (Å²) in [6.45, 7) is 4.01. The minimum absolute atomic E-state index is 0.0593. The number of pyridine rings is 1. The number of hydrogen-bond donors (Lipinski definition) is 2. The number of nitrogens with zero attached hydrogens (tertiary/aromatic N) is 6. The second kappa shape index (κ2) is 10.9. The molecule has 1 saturated carbocycles. The van der Waals surface area contributed by atoms with Crippen LogP contribution in [0.2, 0.25) is 0 Å². The van der Waals surface area contributed by atoms with Crippen LogP contribution in [0.25, 0.3) is 0 Å². The Bertz CT molecular complexity index is 1190. The van der Waals surface area contributed by atoms with Crippen LogP contribution in [0.5, 0.6) is 0 Å². The van der Waals surface area contributed by atoms with Crippen LogP contribution >= 0.6 is 0 Å². The summed E-state index contributed by atoms with van der Waals surface area (Å²) >= 11 is 0. The maximum atomic E-state index is 13.0. The van der Waals surface area contributed by atoms with Gasteiger partial charge in [0.25, 0.3) is 5.91 Å². The normalized spacial score (nSPS) is 22.0. The summed E-state index contributed by atoms with van der Waals surface area (Å²) in [5.41, 5.74) is 0.827. The highest BCUT2D eigenvalue weighted by molar-refractivity contribution is 5.96. The van der Waals surface area contributed by atoms with Gasteiger partial charge in [0, 0.05) is 32.9 Å². The molecule has 11 heteroatoms. The van der Waals surface area contributed by atoms with Gasteiger partial charge in [0.05, 0.1) is 18.4 Å². The smallest absolute Gasteiger partial charge is 0.415 e. The lowest BCUT2D eigenvalue weighted by molar-refractivity contribution is -0.124. The predicted octanol–water partition coefficient (Wildman–Crippen LogP) is 3.44. The molecule has 3 fully saturated rings. The van der Waals surface area contributed by atoms with Gasteiger partial charge in [0.1, 0.15) is 22.9 Å². The SMILES string of the molecule is C/C=C(/C(=O)N(C)C)N(c1ccnc(Nc2ccc(N3CC4(CCCNC4)OC3=O)cn2)n1)C1CCCC1. The van der Waals surface area contributed by atoms with E-state index in [-0.39, 0.29) is 18.0 Å². The number of amides is 2. The van der Waals surface area contributed by atoms with Gasteiger partial charge in [-0.2, -0.15) is 4.98 Å². The Morgan fingerprint density at radius 3 is 2.68 bits per heavy atom. The average molecular weight is 521 g/mol. The van der Waals surface area contributed by atoms with Crippen molar-refractivity contribution in [2.75, 3.05) is 48.8 Å². The molecule has 2 aromatic rings. The van der Waals surface area contributed by atoms with E-state index >= 15 is 0 Å². The number of carbonyl (C=O) groups excluding carboxylic acids is 2. The summed E-state index contributed by atoms with van der Waals surface area (Å²) < 4.78 is 5.75. The lowest BCUT2D eigenvalue weighted by atomic mass is 9.94. The van der Waals surface area contributed by atoms with E-state index in [2.05, 4.69) is 20.6 Å². The molecule has 1 spiro atoms. The molecule has 2 aromatic heterocycles. The Kier molecular flexibility index (Phi) is 7.46. The van der Waals surface area contributed by atoms with Gasteiger partial charge < -0.3 is 25.2 Å². The Morgan fingerprint density at radius 1 is 1.21 bits per heavy atom. The minimum atomic E-state index is -0.467. The lowest BCUT2D eigenvalue weighted by Crippen LogP contribution is -2.48. The molecule has 1 unspecified atom stereocenters. The first-order valence-corrected chi connectivity index (χ1v) is 13.3. The van der Waals surface area contributed by atoms with Crippen LogP contribution < -0.4 is 20.4 Å². The van der Waals surface area contributed by atoms with Crippen LogP contribution in [-0.2, 0) is 9.53 Å². The van der Waals surface area contributed by atoms with E-state index in [0.29, 0.717) is 42.1 Å². The molecule has 0 bridgehead atoms. The van der Waals surface area contributed by atoms with Crippen molar-refractivity contribution in [1.29, 1.82) is 0 Å². The highest BCUT2D eigenvalue weighted by atomic mass is 16.6. The number of rotatable bonds is 7. The third-order valence-corrected chi connectivity index (χ3v) is 7.44. The van der Waals surface area contributed by atoms with Crippen LogP contribution in [0.4, 0.5) is 28.1 Å². The Labute approximate surface area is 223 Å². The molecule has 2 aliphatic heterocycles. The van der Waals surface area contributed by atoms with E-state index < -0.39 is 5.60 Å². The average Bonchev–Trinajstić information content (AvgIpc) is 3.56. The summed E-state index contributed by atoms with van der Waals surface area (Å²) in [6.07, 6.45) is 11.0. The fourth-order valence-electron chi connectivity index (χ4n) is 5.53. The molecule has 38 heavy (non-hydrogen) atoms. The van der Waals surface area contributed by atoms with Gasteiger partial charge in [-0.05, 0) is 57.4 Å². The standard InChI is InChI=1S/C27H36N8O3/c1-4-21(24(36)33(2)3)35(19-8-5-6-9-19)23-12-15-29-25(32-23)31-22-11-10-20(16-30-22)34-18-27(38-26(34)37)13-7-14-28-17-27/h4,10-12,15-16,19,28H,5-9,13-14,17-18H2,1-3H3,(H,29,30,31,32)/b21-4-. The van der Waals surface area contributed by atoms with E-state index in [9.17, 15) is 9.59 Å². The number of piperidine rings is 1. The molecule has 1 atom stereocenters. The molecule has 0 aromatic carbocycles. The third-order valence-electron chi connectivity index (χ3n) is 7.44. The molecule has 3 aliphatic rings. The maximum Gasteiger partial charge on any atom is 0.415 e. The topological polar surface area (TPSA) is 116 Å². The molecule has 2 amide bonds. The molecule has 11 nitrogen and oxygen atoms in total. The number of nitrogens with one attached hydrogen (secondary N) is 2. The first-order chi connectivity index (χ1) is 18.4. The summed E-state index contributed by atoms with van der Waals surface area (Å²) in [5, 5.41) is 6.49. The van der Waals surface area contributed by atoms with E-state index in [1.54, 1.807) is 42.4 Å². The fraction of sp³-hybridized carbons (Fsp3) is 0.519. The molecule has 202 valence electrons. The zero-order chi connectivity index (χ0) is 26.7. The Morgan fingerprint density at radius 2 is 2.03 bits per heavy atom. The number of ether oxygens (including phenoxy) is 1. The van der Waals surface area contributed by atoms with Gasteiger partial charge in [-0.1, -0.05) is 18.9 Å². The number of anilines is 4. The van der Waals surface area contributed by atoms with E-state index in [4.69, 9.17) is 9.72 Å². The van der Waals surface area contributed by atoms with Crippen molar-refractivity contribution < 1.29 is 14.3 Å². The minimum Gasteiger partial charge on any atom is -0.439 e. The number of likely N-dealkylation sites (N-methyl/N-ethyl adjacent to an activating group) is 1. The highest BCUT2D eigenvalue weighted by Crippen LogP contribution is 2.33. The summed E-state index contributed by atoms with van der Waals surface area (Å²) in [5.74, 6) is 1.54. The van der Waals surface area contributed by atoms with Gasteiger partial charge in [-0.3, -0.25) is 9.69 Å². The molecule has 4 heterocycles. The number of aromatic nitrogens is 3. The molecular formula is C27H36N8O3. The second-order valence-electron chi connectivity index (χ2n) is 10.4. The summed E-state index contributed by atoms with van der Waals surface area (Å²) in [7, 11) is 3.52. The highest BCUT2D eigenvalue weighted by Gasteiger charge is 2.46. The first-order valence-electron chi connectivity index (χ1n) is 13.3. The predicted molar refractivity (Wildman–Crippen MR) is 145 cm³/mol. The van der Waals surface area contributed by atoms with Crippen LogP contribution in [0.1, 0.15) is 45.4 Å². The third kappa shape index (κ3) is 5.28. The lowest BCUT2D eigenvalue weighted by Gasteiger charge is -2.32. The summed E-state index contributed by atoms with van der Waals surface area (Å²) in [6, 6.07) is 5.67. The van der Waals surface area contributed by atoms with E-state index in [1.807, 2.05) is 30.0 Å². The maximum absolute atomic E-state index is 13.0. The van der Waals surface area contributed by atoms with Gasteiger partial charge in [0.2, 0.25) is 5.95 Å². The van der Waals surface area contributed by atoms with Crippen LogP contribution in [-0.4, -0.2) is 77.2 Å². The molecular weight excluding hydrogens is 484 g/mol. The van der Waals surface area contributed by atoms with Crippen molar-refractivity contribution in [2.24, 2.45) is 0 Å². The number of allylic oxidation sites excluding steroid dienone is 1. The second-order valence-corrected chi connectivity index (χ2v) is 10.4. The van der Waals surface area contributed by atoms with E-state index in [0.717, 1.165) is 45.1 Å². The monoisotopic (exact) mass is 520 g/mol. The van der Waals surface area contributed by atoms with Crippen LogP contribution in [0.15, 0.2) is 42.4 Å². The molecule has 0 radical (unpaired) electrons. The number of carbonyl (C=O) groups is 2. The van der Waals surface area contributed by atoms with Crippen molar-refractivity contribution in [1.82, 2.24) is 25.2 Å². The van der Waals surface area contributed by atoms with Gasteiger partial charge in [-0.15, -0.1) is 0 Å². The van der Waals surface area contributed by atoms with Crippen LogP contribution in [0, 0.1) is 0 Å².